The fraction of sp³-hybridized carbons (Fsp3) is 0.583. The molecule has 2 rings (SSSR count). The first-order valence-electron chi connectivity index (χ1n) is 6.38. The number of aromatic nitrogens is 4. The molecule has 2 aromatic rings. The van der Waals surface area contributed by atoms with E-state index in [9.17, 15) is 9.59 Å². The first kappa shape index (κ1) is 13.5. The van der Waals surface area contributed by atoms with Gasteiger partial charge in [-0.15, -0.1) is 0 Å². The van der Waals surface area contributed by atoms with Crippen LogP contribution in [0.25, 0.3) is 11.2 Å². The summed E-state index contributed by atoms with van der Waals surface area (Å²) in [6, 6.07) is 0. The zero-order valence-electron chi connectivity index (χ0n) is 11.3. The lowest BCUT2D eigenvalue weighted by atomic mass is 10.3. The average molecular weight is 266 g/mol. The van der Waals surface area contributed by atoms with Crippen molar-refractivity contribution in [2.45, 2.75) is 46.6 Å². The zero-order chi connectivity index (χ0) is 14.0. The highest BCUT2D eigenvalue weighted by molar-refractivity contribution is 5.68. The molecule has 1 unspecified atom stereocenters. The van der Waals surface area contributed by atoms with Gasteiger partial charge in [-0.2, -0.15) is 0 Å². The quantitative estimate of drug-likeness (QED) is 0.862. The summed E-state index contributed by atoms with van der Waals surface area (Å²) >= 11 is 0. The van der Waals surface area contributed by atoms with Gasteiger partial charge in [-0.1, -0.05) is 6.92 Å². The molecule has 0 radical (unpaired) electrons. The monoisotopic (exact) mass is 266 g/mol. The number of hydrogen-bond donors (Lipinski definition) is 1. The molecule has 2 aromatic heterocycles. The van der Waals surface area contributed by atoms with Crippen molar-refractivity contribution in [2.75, 3.05) is 0 Å². The van der Waals surface area contributed by atoms with Gasteiger partial charge in [-0.25, -0.2) is 14.3 Å². The van der Waals surface area contributed by atoms with Crippen molar-refractivity contribution in [1.82, 2.24) is 19.1 Å². The second kappa shape index (κ2) is 5.40. The molecule has 0 aromatic carbocycles. The topological polar surface area (TPSA) is 81.9 Å². The Morgan fingerprint density at radius 3 is 2.74 bits per heavy atom. The summed E-state index contributed by atoms with van der Waals surface area (Å²) in [5.41, 5.74) is -0.0765. The van der Waals surface area contributed by atoms with Crippen molar-refractivity contribution in [3.05, 3.63) is 27.2 Å². The number of rotatable bonds is 5. The summed E-state index contributed by atoms with van der Waals surface area (Å²) in [6.45, 7) is 6.12. The Hall–Kier alpha value is -1.89. The van der Waals surface area contributed by atoms with Crippen LogP contribution in [0.15, 0.2) is 15.9 Å². The van der Waals surface area contributed by atoms with Crippen LogP contribution in [-0.2, 0) is 18.0 Å². The minimum Gasteiger partial charge on any atom is -0.358 e. The molecule has 1 atom stereocenters. The fourth-order valence-corrected chi connectivity index (χ4v) is 1.83. The predicted octanol–water partition coefficient (Wildman–Crippen LogP) is 0.679. The maximum Gasteiger partial charge on any atom is 0.334 e. The summed E-state index contributed by atoms with van der Waals surface area (Å²) in [5.74, 6) is 0. The maximum absolute atomic E-state index is 12.2. The molecule has 104 valence electrons. The van der Waals surface area contributed by atoms with Crippen molar-refractivity contribution in [2.24, 2.45) is 0 Å². The number of imidazole rings is 1. The van der Waals surface area contributed by atoms with Gasteiger partial charge in [0.15, 0.2) is 5.65 Å². The minimum absolute atomic E-state index is 0.00107. The highest BCUT2D eigenvalue weighted by Crippen LogP contribution is 2.02. The fourth-order valence-electron chi connectivity index (χ4n) is 1.83. The first-order chi connectivity index (χ1) is 9.10. The molecule has 7 nitrogen and oxygen atoms in total. The highest BCUT2D eigenvalue weighted by atomic mass is 16.5. The number of nitrogens with zero attached hydrogens (tertiary/aromatic N) is 3. The molecule has 2 heterocycles. The Morgan fingerprint density at radius 2 is 2.11 bits per heavy atom. The summed E-state index contributed by atoms with van der Waals surface area (Å²) < 4.78 is 8.02. The van der Waals surface area contributed by atoms with Crippen molar-refractivity contribution in [3.8, 4) is 0 Å². The number of nitrogens with one attached hydrogen (secondary N) is 1. The van der Waals surface area contributed by atoms with E-state index in [0.29, 0.717) is 17.7 Å². The lowest BCUT2D eigenvalue weighted by Gasteiger charge is -2.13. The van der Waals surface area contributed by atoms with E-state index in [1.165, 1.54) is 10.9 Å². The van der Waals surface area contributed by atoms with Crippen LogP contribution in [0, 0.1) is 0 Å². The van der Waals surface area contributed by atoms with E-state index in [1.807, 2.05) is 20.8 Å². The largest absolute Gasteiger partial charge is 0.358 e. The number of fused-ring (bicyclic) bond motifs is 1. The van der Waals surface area contributed by atoms with Crippen LogP contribution >= 0.6 is 0 Å². The number of aromatic amines is 1. The number of H-pyrrole nitrogens is 1. The second-order valence-electron chi connectivity index (χ2n) is 4.38. The van der Waals surface area contributed by atoms with Crippen molar-refractivity contribution >= 4 is 11.2 Å². The summed E-state index contributed by atoms with van der Waals surface area (Å²) in [6.07, 6.45) is 2.24. The van der Waals surface area contributed by atoms with E-state index >= 15 is 0 Å². The highest BCUT2D eigenvalue weighted by Gasteiger charge is 2.14. The summed E-state index contributed by atoms with van der Waals surface area (Å²) in [7, 11) is 0. The van der Waals surface area contributed by atoms with Gasteiger partial charge in [-0.05, 0) is 20.3 Å². The molecule has 1 N–H and O–H groups in total. The van der Waals surface area contributed by atoms with E-state index < -0.39 is 11.2 Å². The third-order valence-corrected chi connectivity index (χ3v) is 3.18. The normalized spacial score (nSPS) is 13.0. The lowest BCUT2D eigenvalue weighted by molar-refractivity contribution is 0.0118. The molecular weight excluding hydrogens is 248 g/mol. The maximum atomic E-state index is 12.2. The molecule has 7 heteroatoms. The first-order valence-corrected chi connectivity index (χ1v) is 6.38. The van der Waals surface area contributed by atoms with Crippen LogP contribution in [0.3, 0.4) is 0 Å². The van der Waals surface area contributed by atoms with Crippen LogP contribution < -0.4 is 11.2 Å². The predicted molar refractivity (Wildman–Crippen MR) is 71.1 cm³/mol. The zero-order valence-corrected chi connectivity index (χ0v) is 11.3. The molecule has 0 aliphatic carbocycles. The van der Waals surface area contributed by atoms with E-state index in [-0.39, 0.29) is 12.8 Å². The summed E-state index contributed by atoms with van der Waals surface area (Å²) in [5, 5.41) is 0. The average Bonchev–Trinajstić information content (AvgIpc) is 2.88. The number of hydrogen-bond acceptors (Lipinski definition) is 4. The molecule has 0 saturated heterocycles. The molecular formula is C12H18N4O3. The molecule has 0 aliphatic heterocycles. The molecule has 0 saturated carbocycles. The van der Waals surface area contributed by atoms with Crippen LogP contribution in [0.5, 0.6) is 0 Å². The molecule has 0 bridgehead atoms. The molecule has 19 heavy (non-hydrogen) atoms. The third kappa shape index (κ3) is 2.33. The second-order valence-corrected chi connectivity index (χ2v) is 4.38. The van der Waals surface area contributed by atoms with Gasteiger partial charge in [0.05, 0.1) is 12.4 Å². The number of ether oxygens (including phenoxy) is 1. The van der Waals surface area contributed by atoms with Gasteiger partial charge in [0.1, 0.15) is 12.2 Å². The molecule has 0 fully saturated rings. The molecule has 0 amide bonds. The lowest BCUT2D eigenvalue weighted by Crippen LogP contribution is -2.41. The van der Waals surface area contributed by atoms with Gasteiger partial charge < -0.3 is 9.72 Å². The van der Waals surface area contributed by atoms with Crippen molar-refractivity contribution in [1.29, 1.82) is 0 Å². The van der Waals surface area contributed by atoms with Crippen LogP contribution in [-0.4, -0.2) is 25.2 Å². The Kier molecular flexibility index (Phi) is 3.84. The Balaban J connectivity index is 2.54. The smallest absolute Gasteiger partial charge is 0.334 e. The Bertz CT molecular complexity index is 682. The van der Waals surface area contributed by atoms with E-state index in [2.05, 4.69) is 9.97 Å². The van der Waals surface area contributed by atoms with E-state index in [0.717, 1.165) is 11.0 Å². The molecule has 0 aliphatic rings. The minimum atomic E-state index is -0.398. The van der Waals surface area contributed by atoms with Crippen molar-refractivity contribution < 1.29 is 4.74 Å². The van der Waals surface area contributed by atoms with Crippen molar-refractivity contribution in [3.63, 3.8) is 0 Å². The van der Waals surface area contributed by atoms with Crippen LogP contribution in [0.2, 0.25) is 0 Å². The van der Waals surface area contributed by atoms with Gasteiger partial charge in [0, 0.05) is 6.54 Å². The number of aryl methyl sites for hydroxylation is 1. The van der Waals surface area contributed by atoms with Gasteiger partial charge >= 0.3 is 5.69 Å². The van der Waals surface area contributed by atoms with Gasteiger partial charge in [0.2, 0.25) is 0 Å². The van der Waals surface area contributed by atoms with E-state index in [4.69, 9.17) is 4.74 Å². The summed E-state index contributed by atoms with van der Waals surface area (Å²) in [4.78, 5) is 31.2. The molecule has 0 spiro atoms. The Morgan fingerprint density at radius 1 is 1.37 bits per heavy atom. The SMILES string of the molecule is CCC(C)OCn1c(=O)c2[nH]cnc2n(CC)c1=O. The van der Waals surface area contributed by atoms with Crippen LogP contribution in [0.1, 0.15) is 27.2 Å². The third-order valence-electron chi connectivity index (χ3n) is 3.18. The standard InChI is InChI=1S/C12H18N4O3/c1-4-8(3)19-7-16-11(17)9-10(14-6-13-9)15(5-2)12(16)18/h6,8H,4-5,7H2,1-3H3,(H,13,14). The van der Waals surface area contributed by atoms with Gasteiger partial charge in [0.25, 0.3) is 5.56 Å². The Labute approximate surface area is 109 Å². The van der Waals surface area contributed by atoms with Gasteiger partial charge in [-0.3, -0.25) is 9.36 Å². The van der Waals surface area contributed by atoms with E-state index in [1.54, 1.807) is 0 Å². The van der Waals surface area contributed by atoms with Crippen LogP contribution in [0.4, 0.5) is 0 Å².